The molecule has 112 valence electrons. The van der Waals surface area contributed by atoms with E-state index >= 15 is 0 Å². The van der Waals surface area contributed by atoms with E-state index < -0.39 is 0 Å². The molecule has 1 aliphatic rings. The van der Waals surface area contributed by atoms with Crippen LogP contribution in [-0.4, -0.2) is 31.7 Å². The summed E-state index contributed by atoms with van der Waals surface area (Å²) in [4.78, 5) is 13.4. The Morgan fingerprint density at radius 1 is 1.55 bits per heavy atom. The van der Waals surface area contributed by atoms with Crippen molar-refractivity contribution in [2.24, 2.45) is 5.92 Å². The van der Waals surface area contributed by atoms with E-state index in [1.165, 1.54) is 11.3 Å². The van der Waals surface area contributed by atoms with Crippen LogP contribution < -0.4 is 10.6 Å². The van der Waals surface area contributed by atoms with Gasteiger partial charge in [0.15, 0.2) is 0 Å². The number of ether oxygens (including phenoxy) is 1. The molecule has 0 aliphatic carbocycles. The first-order valence-electron chi connectivity index (χ1n) is 6.98. The van der Waals surface area contributed by atoms with Crippen LogP contribution in [0.5, 0.6) is 0 Å². The SMILES string of the molecule is CCCNC1COCC1C(=O)NC(C)c1ccc(Cl)s1. The molecular formula is C14H21ClN2O2S. The molecule has 1 aromatic rings. The monoisotopic (exact) mass is 316 g/mol. The Labute approximate surface area is 128 Å². The number of rotatable bonds is 6. The summed E-state index contributed by atoms with van der Waals surface area (Å²) in [5.41, 5.74) is 0. The molecule has 1 saturated heterocycles. The highest BCUT2D eigenvalue weighted by molar-refractivity contribution is 7.16. The van der Waals surface area contributed by atoms with Crippen LogP contribution in [0.25, 0.3) is 0 Å². The largest absolute Gasteiger partial charge is 0.379 e. The number of carbonyl (C=O) groups is 1. The standard InChI is InChI=1S/C14H21ClN2O2S/c1-3-6-16-11-8-19-7-10(11)14(18)17-9(2)12-4-5-13(15)20-12/h4-5,9-11,16H,3,6-8H2,1-2H3,(H,17,18). The molecule has 0 bridgehead atoms. The summed E-state index contributed by atoms with van der Waals surface area (Å²) in [6, 6.07) is 3.91. The lowest BCUT2D eigenvalue weighted by Gasteiger charge is -2.20. The Morgan fingerprint density at radius 2 is 2.35 bits per heavy atom. The summed E-state index contributed by atoms with van der Waals surface area (Å²) in [5, 5.41) is 6.43. The molecule has 0 radical (unpaired) electrons. The minimum Gasteiger partial charge on any atom is -0.379 e. The Morgan fingerprint density at radius 3 is 3.00 bits per heavy atom. The molecule has 1 fully saturated rings. The maximum absolute atomic E-state index is 12.3. The van der Waals surface area contributed by atoms with E-state index in [1.807, 2.05) is 19.1 Å². The van der Waals surface area contributed by atoms with Crippen LogP contribution >= 0.6 is 22.9 Å². The molecule has 1 amide bonds. The molecule has 20 heavy (non-hydrogen) atoms. The number of nitrogens with one attached hydrogen (secondary N) is 2. The van der Waals surface area contributed by atoms with Crippen LogP contribution in [0, 0.1) is 5.92 Å². The van der Waals surface area contributed by atoms with Gasteiger partial charge in [-0.3, -0.25) is 4.79 Å². The van der Waals surface area contributed by atoms with Gasteiger partial charge >= 0.3 is 0 Å². The van der Waals surface area contributed by atoms with Crippen molar-refractivity contribution in [2.75, 3.05) is 19.8 Å². The molecule has 3 atom stereocenters. The highest BCUT2D eigenvalue weighted by atomic mass is 35.5. The number of carbonyl (C=O) groups excluding carboxylic acids is 1. The van der Waals surface area contributed by atoms with E-state index in [2.05, 4.69) is 17.6 Å². The smallest absolute Gasteiger partial charge is 0.227 e. The third kappa shape index (κ3) is 3.95. The average molecular weight is 317 g/mol. The van der Waals surface area contributed by atoms with Crippen molar-refractivity contribution in [2.45, 2.75) is 32.4 Å². The quantitative estimate of drug-likeness (QED) is 0.848. The fourth-order valence-corrected chi connectivity index (χ4v) is 3.36. The second kappa shape index (κ2) is 7.41. The van der Waals surface area contributed by atoms with Gasteiger partial charge in [0.05, 0.1) is 29.5 Å². The van der Waals surface area contributed by atoms with Gasteiger partial charge in [-0.25, -0.2) is 0 Å². The summed E-state index contributed by atoms with van der Waals surface area (Å²) in [7, 11) is 0. The van der Waals surface area contributed by atoms with Crippen molar-refractivity contribution in [1.82, 2.24) is 10.6 Å². The van der Waals surface area contributed by atoms with Gasteiger partial charge in [0.25, 0.3) is 0 Å². The Kier molecular flexibility index (Phi) is 5.84. The minimum atomic E-state index is -0.112. The second-order valence-corrected chi connectivity index (χ2v) is 6.82. The molecule has 1 aromatic heterocycles. The van der Waals surface area contributed by atoms with Gasteiger partial charge in [-0.15, -0.1) is 11.3 Å². The Bertz CT molecular complexity index is 452. The first-order valence-corrected chi connectivity index (χ1v) is 8.18. The molecule has 6 heteroatoms. The zero-order chi connectivity index (χ0) is 14.5. The molecule has 0 aromatic carbocycles. The molecule has 3 unspecified atom stereocenters. The lowest BCUT2D eigenvalue weighted by molar-refractivity contribution is -0.126. The summed E-state index contributed by atoms with van der Waals surface area (Å²) in [6.45, 7) is 6.10. The van der Waals surface area contributed by atoms with Crippen molar-refractivity contribution in [1.29, 1.82) is 0 Å². The Hall–Kier alpha value is -0.620. The number of halogens is 1. The summed E-state index contributed by atoms with van der Waals surface area (Å²) < 4.78 is 6.18. The van der Waals surface area contributed by atoms with Crippen LogP contribution in [0.2, 0.25) is 4.34 Å². The van der Waals surface area contributed by atoms with E-state index in [0.717, 1.165) is 22.2 Å². The second-order valence-electron chi connectivity index (χ2n) is 5.08. The van der Waals surface area contributed by atoms with Crippen molar-refractivity contribution in [3.8, 4) is 0 Å². The van der Waals surface area contributed by atoms with Gasteiger partial charge in [-0.1, -0.05) is 18.5 Å². The van der Waals surface area contributed by atoms with Crippen molar-refractivity contribution in [3.63, 3.8) is 0 Å². The molecular weight excluding hydrogens is 296 g/mol. The zero-order valence-corrected chi connectivity index (χ0v) is 13.4. The fourth-order valence-electron chi connectivity index (χ4n) is 2.30. The molecule has 1 aliphatic heterocycles. The van der Waals surface area contributed by atoms with Gasteiger partial charge < -0.3 is 15.4 Å². The van der Waals surface area contributed by atoms with Gasteiger partial charge in [0, 0.05) is 10.9 Å². The third-order valence-corrected chi connectivity index (χ3v) is 4.87. The summed E-state index contributed by atoms with van der Waals surface area (Å²) in [5.74, 6) is -0.0624. The highest BCUT2D eigenvalue weighted by Crippen LogP contribution is 2.27. The molecule has 0 saturated carbocycles. The first-order chi connectivity index (χ1) is 9.61. The number of hydrogen-bond acceptors (Lipinski definition) is 4. The van der Waals surface area contributed by atoms with Crippen LogP contribution in [0.4, 0.5) is 0 Å². The maximum atomic E-state index is 12.3. The molecule has 4 nitrogen and oxygen atoms in total. The van der Waals surface area contributed by atoms with E-state index in [-0.39, 0.29) is 23.9 Å². The summed E-state index contributed by atoms with van der Waals surface area (Å²) in [6.07, 6.45) is 1.05. The molecule has 2 N–H and O–H groups in total. The fraction of sp³-hybridized carbons (Fsp3) is 0.643. The van der Waals surface area contributed by atoms with E-state index in [0.29, 0.717) is 13.2 Å². The molecule has 2 heterocycles. The van der Waals surface area contributed by atoms with Crippen LogP contribution in [-0.2, 0) is 9.53 Å². The van der Waals surface area contributed by atoms with Crippen molar-refractivity contribution < 1.29 is 9.53 Å². The Balaban J connectivity index is 1.90. The van der Waals surface area contributed by atoms with Crippen molar-refractivity contribution in [3.05, 3.63) is 21.3 Å². The van der Waals surface area contributed by atoms with E-state index in [1.54, 1.807) is 0 Å². The predicted octanol–water partition coefficient (Wildman–Crippen LogP) is 2.59. The van der Waals surface area contributed by atoms with Crippen molar-refractivity contribution >= 4 is 28.8 Å². The number of amides is 1. The van der Waals surface area contributed by atoms with E-state index in [4.69, 9.17) is 16.3 Å². The number of thiophene rings is 1. The van der Waals surface area contributed by atoms with Gasteiger partial charge in [0.2, 0.25) is 5.91 Å². The third-order valence-electron chi connectivity index (χ3n) is 3.45. The molecule has 2 rings (SSSR count). The van der Waals surface area contributed by atoms with Gasteiger partial charge in [-0.05, 0) is 32.0 Å². The minimum absolute atomic E-state index is 0.0209. The topological polar surface area (TPSA) is 50.4 Å². The normalized spacial score (nSPS) is 23.8. The first kappa shape index (κ1) is 15.8. The molecule has 0 spiro atoms. The lowest BCUT2D eigenvalue weighted by Crippen LogP contribution is -2.44. The highest BCUT2D eigenvalue weighted by Gasteiger charge is 2.34. The predicted molar refractivity (Wildman–Crippen MR) is 82.3 cm³/mol. The van der Waals surface area contributed by atoms with Crippen LogP contribution in [0.15, 0.2) is 12.1 Å². The van der Waals surface area contributed by atoms with Gasteiger partial charge in [0.1, 0.15) is 0 Å². The number of hydrogen-bond donors (Lipinski definition) is 2. The van der Waals surface area contributed by atoms with Gasteiger partial charge in [-0.2, -0.15) is 0 Å². The lowest BCUT2D eigenvalue weighted by atomic mass is 10.0. The van der Waals surface area contributed by atoms with Crippen LogP contribution in [0.1, 0.15) is 31.2 Å². The zero-order valence-electron chi connectivity index (χ0n) is 11.8. The van der Waals surface area contributed by atoms with Crippen LogP contribution in [0.3, 0.4) is 0 Å². The van der Waals surface area contributed by atoms with E-state index in [9.17, 15) is 4.79 Å². The maximum Gasteiger partial charge on any atom is 0.227 e. The summed E-state index contributed by atoms with van der Waals surface area (Å²) >= 11 is 7.42. The average Bonchev–Trinajstić information content (AvgIpc) is 3.04.